The second kappa shape index (κ2) is 10.8. The smallest absolute Gasteiger partial charge is 0.278 e. The lowest BCUT2D eigenvalue weighted by atomic mass is 10.0. The quantitative estimate of drug-likeness (QED) is 0.577. The van der Waals surface area contributed by atoms with Crippen LogP contribution in [0.2, 0.25) is 0 Å². The van der Waals surface area contributed by atoms with Gasteiger partial charge in [-0.15, -0.1) is 0 Å². The van der Waals surface area contributed by atoms with Gasteiger partial charge in [0.25, 0.3) is 11.8 Å². The number of aryl methyl sites for hydroxylation is 1. The number of carbonyl (C=O) groups is 2. The van der Waals surface area contributed by atoms with Crippen molar-refractivity contribution in [2.24, 2.45) is 0 Å². The Morgan fingerprint density at radius 3 is 2.15 bits per heavy atom. The number of benzene rings is 2. The van der Waals surface area contributed by atoms with Crippen LogP contribution in [0.25, 0.3) is 5.57 Å². The number of morpholine rings is 1. The third-order valence-corrected chi connectivity index (χ3v) is 6.52. The molecular formula is C27H34N4O3. The average molecular weight is 463 g/mol. The molecule has 7 nitrogen and oxygen atoms in total. The molecule has 2 aliphatic rings. The molecule has 1 fully saturated rings. The third-order valence-electron chi connectivity index (χ3n) is 6.52. The molecule has 2 aromatic rings. The lowest BCUT2D eigenvalue weighted by Crippen LogP contribution is -2.43. The van der Waals surface area contributed by atoms with Gasteiger partial charge in [0.05, 0.1) is 18.8 Å². The van der Waals surface area contributed by atoms with Crippen LogP contribution in [-0.2, 0) is 14.3 Å². The molecule has 0 spiro atoms. The van der Waals surface area contributed by atoms with Crippen LogP contribution in [-0.4, -0.2) is 74.1 Å². The fourth-order valence-electron chi connectivity index (χ4n) is 4.44. The third kappa shape index (κ3) is 5.16. The number of hydrogen-bond acceptors (Lipinski definition) is 6. The van der Waals surface area contributed by atoms with E-state index in [1.165, 1.54) is 4.90 Å². The predicted octanol–water partition coefficient (Wildman–Crippen LogP) is 3.37. The van der Waals surface area contributed by atoms with Crippen LogP contribution in [0.15, 0.2) is 54.2 Å². The van der Waals surface area contributed by atoms with E-state index in [0.29, 0.717) is 37.6 Å². The van der Waals surface area contributed by atoms with Crippen LogP contribution >= 0.6 is 0 Å². The van der Waals surface area contributed by atoms with Gasteiger partial charge in [-0.2, -0.15) is 0 Å². The highest BCUT2D eigenvalue weighted by atomic mass is 16.5. The molecule has 2 amide bonds. The summed E-state index contributed by atoms with van der Waals surface area (Å²) in [7, 11) is 0. The Morgan fingerprint density at radius 1 is 0.882 bits per heavy atom. The minimum absolute atomic E-state index is 0.246. The van der Waals surface area contributed by atoms with Crippen LogP contribution < -0.4 is 10.2 Å². The molecule has 0 aromatic heterocycles. The highest BCUT2D eigenvalue weighted by Gasteiger charge is 2.39. The van der Waals surface area contributed by atoms with Crippen molar-refractivity contribution in [3.63, 3.8) is 0 Å². The largest absolute Gasteiger partial charge is 0.379 e. The Labute approximate surface area is 202 Å². The van der Waals surface area contributed by atoms with E-state index in [1.807, 2.05) is 55.5 Å². The van der Waals surface area contributed by atoms with E-state index in [0.717, 1.165) is 48.7 Å². The summed E-state index contributed by atoms with van der Waals surface area (Å²) in [5, 5.41) is 3.27. The van der Waals surface area contributed by atoms with E-state index < -0.39 is 0 Å². The molecule has 0 bridgehead atoms. The molecule has 2 aromatic carbocycles. The number of ether oxygens (including phenoxy) is 1. The molecular weight excluding hydrogens is 428 g/mol. The van der Waals surface area contributed by atoms with Gasteiger partial charge in [-0.3, -0.25) is 19.4 Å². The fourth-order valence-corrected chi connectivity index (χ4v) is 4.44. The Balaban J connectivity index is 1.59. The maximum Gasteiger partial charge on any atom is 0.278 e. The monoisotopic (exact) mass is 462 g/mol. The Morgan fingerprint density at radius 2 is 1.53 bits per heavy atom. The summed E-state index contributed by atoms with van der Waals surface area (Å²) < 4.78 is 5.41. The van der Waals surface area contributed by atoms with Crippen LogP contribution in [0, 0.1) is 6.92 Å². The molecule has 7 heteroatoms. The molecule has 0 atom stereocenters. The first kappa shape index (κ1) is 24.0. The molecule has 0 unspecified atom stereocenters. The summed E-state index contributed by atoms with van der Waals surface area (Å²) >= 11 is 0. The number of rotatable bonds is 9. The first-order valence-electron chi connectivity index (χ1n) is 12.1. The number of anilines is 2. The number of amides is 2. The molecule has 2 heterocycles. The van der Waals surface area contributed by atoms with Gasteiger partial charge in [0, 0.05) is 50.6 Å². The van der Waals surface area contributed by atoms with Crippen molar-refractivity contribution in [1.29, 1.82) is 0 Å². The summed E-state index contributed by atoms with van der Waals surface area (Å²) in [5.74, 6) is -0.522. The average Bonchev–Trinajstić information content (AvgIpc) is 3.09. The molecule has 0 aliphatic carbocycles. The second-order valence-electron chi connectivity index (χ2n) is 8.68. The summed E-state index contributed by atoms with van der Waals surface area (Å²) in [4.78, 5) is 32.8. The SMILES string of the molecule is CCN(CC)c1ccc(NC2=C(c3ccc(C)cc3)C(=O)N(CCN3CCOCC3)C2=O)cc1. The highest BCUT2D eigenvalue weighted by molar-refractivity contribution is 6.36. The zero-order chi connectivity index (χ0) is 24.1. The normalized spacial score (nSPS) is 17.0. The summed E-state index contributed by atoms with van der Waals surface area (Å²) in [5.41, 5.74) is 4.54. The van der Waals surface area contributed by atoms with Crippen molar-refractivity contribution in [2.75, 3.05) is 62.7 Å². The van der Waals surface area contributed by atoms with E-state index in [-0.39, 0.29) is 11.8 Å². The van der Waals surface area contributed by atoms with Gasteiger partial charge in [-0.1, -0.05) is 29.8 Å². The molecule has 2 aliphatic heterocycles. The molecule has 1 N–H and O–H groups in total. The summed E-state index contributed by atoms with van der Waals surface area (Å²) in [6.07, 6.45) is 0. The lowest BCUT2D eigenvalue weighted by Gasteiger charge is -2.28. The molecule has 180 valence electrons. The van der Waals surface area contributed by atoms with E-state index >= 15 is 0 Å². The molecule has 34 heavy (non-hydrogen) atoms. The van der Waals surface area contributed by atoms with Gasteiger partial charge in [-0.05, 0) is 50.6 Å². The number of hydrogen-bond donors (Lipinski definition) is 1. The Hall–Kier alpha value is -3.16. The first-order valence-corrected chi connectivity index (χ1v) is 12.1. The van der Waals surface area contributed by atoms with Crippen LogP contribution in [0.1, 0.15) is 25.0 Å². The van der Waals surface area contributed by atoms with Crippen LogP contribution in [0.5, 0.6) is 0 Å². The van der Waals surface area contributed by atoms with Gasteiger partial charge >= 0.3 is 0 Å². The number of carbonyl (C=O) groups excluding carboxylic acids is 2. The highest BCUT2D eigenvalue weighted by Crippen LogP contribution is 2.31. The van der Waals surface area contributed by atoms with Gasteiger partial charge in [0.2, 0.25) is 0 Å². The fraction of sp³-hybridized carbons (Fsp3) is 0.407. The van der Waals surface area contributed by atoms with Crippen LogP contribution in [0.3, 0.4) is 0 Å². The van der Waals surface area contributed by atoms with Crippen molar-refractivity contribution in [2.45, 2.75) is 20.8 Å². The standard InChI is InChI=1S/C27H34N4O3/c1-4-30(5-2)23-12-10-22(11-13-23)28-25-24(21-8-6-20(3)7-9-21)26(32)31(27(25)33)15-14-29-16-18-34-19-17-29/h6-13,28H,4-5,14-19H2,1-3H3. The Kier molecular flexibility index (Phi) is 7.65. The molecule has 0 radical (unpaired) electrons. The Bertz CT molecular complexity index is 1040. The maximum absolute atomic E-state index is 13.5. The van der Waals surface area contributed by atoms with Crippen molar-refractivity contribution >= 4 is 28.8 Å². The predicted molar refractivity (Wildman–Crippen MR) is 136 cm³/mol. The number of nitrogens with one attached hydrogen (secondary N) is 1. The zero-order valence-corrected chi connectivity index (χ0v) is 20.3. The summed E-state index contributed by atoms with van der Waals surface area (Å²) in [6.45, 7) is 12.1. The molecule has 4 rings (SSSR count). The zero-order valence-electron chi connectivity index (χ0n) is 20.3. The molecule has 0 saturated carbocycles. The minimum Gasteiger partial charge on any atom is -0.379 e. The van der Waals surface area contributed by atoms with E-state index in [4.69, 9.17) is 4.74 Å². The maximum atomic E-state index is 13.5. The van der Waals surface area contributed by atoms with E-state index in [9.17, 15) is 9.59 Å². The van der Waals surface area contributed by atoms with Crippen LogP contribution in [0.4, 0.5) is 11.4 Å². The van der Waals surface area contributed by atoms with Gasteiger partial charge in [-0.25, -0.2) is 0 Å². The van der Waals surface area contributed by atoms with E-state index in [1.54, 1.807) is 0 Å². The summed E-state index contributed by atoms with van der Waals surface area (Å²) in [6, 6.07) is 15.7. The number of nitrogens with zero attached hydrogens (tertiary/aromatic N) is 3. The lowest BCUT2D eigenvalue weighted by molar-refractivity contribution is -0.137. The number of imide groups is 1. The van der Waals surface area contributed by atoms with Gasteiger partial charge < -0.3 is 15.0 Å². The van der Waals surface area contributed by atoms with Crippen molar-refractivity contribution in [1.82, 2.24) is 9.80 Å². The van der Waals surface area contributed by atoms with Crippen molar-refractivity contribution in [3.8, 4) is 0 Å². The first-order chi connectivity index (χ1) is 16.5. The van der Waals surface area contributed by atoms with Crippen molar-refractivity contribution in [3.05, 3.63) is 65.4 Å². The second-order valence-corrected chi connectivity index (χ2v) is 8.68. The topological polar surface area (TPSA) is 65.1 Å². The molecule has 1 saturated heterocycles. The van der Waals surface area contributed by atoms with Gasteiger partial charge in [0.15, 0.2) is 0 Å². The van der Waals surface area contributed by atoms with Gasteiger partial charge in [0.1, 0.15) is 5.70 Å². The minimum atomic E-state index is -0.276. The van der Waals surface area contributed by atoms with E-state index in [2.05, 4.69) is 29.0 Å². The van der Waals surface area contributed by atoms with Crippen molar-refractivity contribution < 1.29 is 14.3 Å².